The number of rotatable bonds is 2. The van der Waals surface area contributed by atoms with Crippen LogP contribution in [0.1, 0.15) is 71.0 Å². The fourth-order valence-corrected chi connectivity index (χ4v) is 4.46. The van der Waals surface area contributed by atoms with E-state index in [-0.39, 0.29) is 5.41 Å². The molecule has 0 aliphatic heterocycles. The van der Waals surface area contributed by atoms with Gasteiger partial charge < -0.3 is 5.73 Å². The summed E-state index contributed by atoms with van der Waals surface area (Å²) in [6.45, 7) is 11.0. The first-order valence-corrected chi connectivity index (χ1v) is 9.31. The molecule has 2 aromatic carbocycles. The number of hydrogen-bond donors (Lipinski definition) is 1. The third-order valence-corrected chi connectivity index (χ3v) is 6.33. The summed E-state index contributed by atoms with van der Waals surface area (Å²) in [6.07, 6.45) is 6.48. The lowest BCUT2D eigenvalue weighted by atomic mass is 9.64. The maximum Gasteiger partial charge on any atom is 0.0373 e. The molecule has 0 atom stereocenters. The van der Waals surface area contributed by atoms with E-state index in [9.17, 15) is 0 Å². The molecule has 1 nitrogen and oxygen atoms in total. The topological polar surface area (TPSA) is 26.0 Å². The van der Waals surface area contributed by atoms with E-state index in [0.29, 0.717) is 0 Å². The first-order chi connectivity index (χ1) is 11.3. The van der Waals surface area contributed by atoms with Crippen LogP contribution < -0.4 is 5.73 Å². The molecule has 1 aliphatic rings. The Bertz CT molecular complexity index is 658. The SMILES string of the molecule is Cc1cc(C2(c3cc(C)c(N)c(C)c3)CCCCC2)cc(C)c1C. The van der Waals surface area contributed by atoms with Gasteiger partial charge in [0.1, 0.15) is 0 Å². The molecule has 3 rings (SSSR count). The van der Waals surface area contributed by atoms with E-state index in [1.807, 2.05) is 0 Å². The summed E-state index contributed by atoms with van der Waals surface area (Å²) in [5, 5.41) is 0. The van der Waals surface area contributed by atoms with Crippen molar-refractivity contribution < 1.29 is 0 Å². The number of anilines is 1. The van der Waals surface area contributed by atoms with Gasteiger partial charge in [-0.05, 0) is 86.4 Å². The molecule has 0 heterocycles. The molecule has 2 N–H and O–H groups in total. The quantitative estimate of drug-likeness (QED) is 0.668. The summed E-state index contributed by atoms with van der Waals surface area (Å²) in [6, 6.07) is 9.57. The molecule has 0 amide bonds. The van der Waals surface area contributed by atoms with Crippen molar-refractivity contribution in [1.29, 1.82) is 0 Å². The van der Waals surface area contributed by atoms with E-state index >= 15 is 0 Å². The number of aryl methyl sites for hydroxylation is 4. The van der Waals surface area contributed by atoms with Gasteiger partial charge in [0.05, 0.1) is 0 Å². The highest BCUT2D eigenvalue weighted by atomic mass is 14.6. The van der Waals surface area contributed by atoms with E-state index in [2.05, 4.69) is 58.9 Å². The minimum absolute atomic E-state index is 0.157. The summed E-state index contributed by atoms with van der Waals surface area (Å²) in [5.41, 5.74) is 17.0. The number of nitrogens with two attached hydrogens (primary N) is 1. The Morgan fingerprint density at radius 1 is 0.667 bits per heavy atom. The molecule has 1 heteroatoms. The van der Waals surface area contributed by atoms with Gasteiger partial charge in [-0.25, -0.2) is 0 Å². The molecule has 128 valence electrons. The molecular weight excluding hydrogens is 290 g/mol. The second-order valence-corrected chi connectivity index (χ2v) is 7.90. The number of benzene rings is 2. The molecule has 1 aliphatic carbocycles. The zero-order chi connectivity index (χ0) is 17.5. The molecule has 0 aromatic heterocycles. The monoisotopic (exact) mass is 321 g/mol. The van der Waals surface area contributed by atoms with Crippen LogP contribution in [0, 0.1) is 34.6 Å². The van der Waals surface area contributed by atoms with Crippen molar-refractivity contribution in [3.63, 3.8) is 0 Å². The van der Waals surface area contributed by atoms with E-state index in [1.165, 1.54) is 71.0 Å². The average Bonchev–Trinajstić information content (AvgIpc) is 2.57. The third kappa shape index (κ3) is 2.75. The van der Waals surface area contributed by atoms with Crippen molar-refractivity contribution in [3.8, 4) is 0 Å². The van der Waals surface area contributed by atoms with Gasteiger partial charge in [0.25, 0.3) is 0 Å². The van der Waals surface area contributed by atoms with Crippen LogP contribution in [0.15, 0.2) is 24.3 Å². The van der Waals surface area contributed by atoms with Crippen LogP contribution in [0.25, 0.3) is 0 Å². The molecule has 0 spiro atoms. The second-order valence-electron chi connectivity index (χ2n) is 7.90. The Hall–Kier alpha value is -1.76. The fraction of sp³-hybridized carbons (Fsp3) is 0.478. The van der Waals surface area contributed by atoms with Crippen molar-refractivity contribution in [3.05, 3.63) is 63.2 Å². The summed E-state index contributed by atoms with van der Waals surface area (Å²) >= 11 is 0. The van der Waals surface area contributed by atoms with E-state index < -0.39 is 0 Å². The first-order valence-electron chi connectivity index (χ1n) is 9.31. The first kappa shape index (κ1) is 17.1. The van der Waals surface area contributed by atoms with Crippen LogP contribution in [0.5, 0.6) is 0 Å². The summed E-state index contributed by atoms with van der Waals surface area (Å²) in [5.74, 6) is 0. The molecule has 0 saturated heterocycles. The third-order valence-electron chi connectivity index (χ3n) is 6.33. The molecule has 0 unspecified atom stereocenters. The van der Waals surface area contributed by atoms with Crippen LogP contribution in [0.2, 0.25) is 0 Å². The highest BCUT2D eigenvalue weighted by molar-refractivity contribution is 5.57. The van der Waals surface area contributed by atoms with Gasteiger partial charge in [-0.2, -0.15) is 0 Å². The van der Waals surface area contributed by atoms with Crippen molar-refractivity contribution in [2.45, 2.75) is 72.1 Å². The van der Waals surface area contributed by atoms with Crippen molar-refractivity contribution in [2.75, 3.05) is 5.73 Å². The summed E-state index contributed by atoms with van der Waals surface area (Å²) < 4.78 is 0. The lowest BCUT2D eigenvalue weighted by molar-refractivity contribution is 0.345. The Balaban J connectivity index is 2.23. The molecule has 2 aromatic rings. The number of nitrogen functional groups attached to an aromatic ring is 1. The largest absolute Gasteiger partial charge is 0.398 e. The van der Waals surface area contributed by atoms with Gasteiger partial charge in [0.2, 0.25) is 0 Å². The Labute approximate surface area is 147 Å². The highest BCUT2D eigenvalue weighted by Crippen LogP contribution is 2.46. The summed E-state index contributed by atoms with van der Waals surface area (Å²) in [4.78, 5) is 0. The van der Waals surface area contributed by atoms with Gasteiger partial charge in [-0.3, -0.25) is 0 Å². The van der Waals surface area contributed by atoms with Crippen LogP contribution in [0.4, 0.5) is 5.69 Å². The van der Waals surface area contributed by atoms with E-state index in [4.69, 9.17) is 5.73 Å². The standard InChI is InChI=1S/C23H31N/c1-15-11-20(12-16(2)19(15)5)23(9-7-6-8-10-23)21-13-17(3)22(24)18(4)14-21/h11-14H,6-10,24H2,1-5H3. The number of hydrogen-bond acceptors (Lipinski definition) is 1. The van der Waals surface area contributed by atoms with E-state index in [1.54, 1.807) is 0 Å². The molecule has 0 bridgehead atoms. The predicted molar refractivity (Wildman–Crippen MR) is 105 cm³/mol. The van der Waals surface area contributed by atoms with Crippen LogP contribution in [-0.4, -0.2) is 0 Å². The lowest BCUT2D eigenvalue weighted by Gasteiger charge is -2.40. The van der Waals surface area contributed by atoms with Crippen LogP contribution >= 0.6 is 0 Å². The van der Waals surface area contributed by atoms with Crippen LogP contribution in [0.3, 0.4) is 0 Å². The Kier molecular flexibility index (Phi) is 4.46. The molecule has 1 fully saturated rings. The smallest absolute Gasteiger partial charge is 0.0373 e. The highest BCUT2D eigenvalue weighted by Gasteiger charge is 2.36. The average molecular weight is 322 g/mol. The second kappa shape index (κ2) is 6.27. The lowest BCUT2D eigenvalue weighted by Crippen LogP contribution is -2.31. The van der Waals surface area contributed by atoms with E-state index in [0.717, 1.165) is 5.69 Å². The Morgan fingerprint density at radius 3 is 1.54 bits per heavy atom. The van der Waals surface area contributed by atoms with Gasteiger partial charge in [-0.15, -0.1) is 0 Å². The summed E-state index contributed by atoms with van der Waals surface area (Å²) in [7, 11) is 0. The van der Waals surface area contributed by atoms with Gasteiger partial charge in [-0.1, -0.05) is 43.5 Å². The normalized spacial score (nSPS) is 17.0. The van der Waals surface area contributed by atoms with Crippen molar-refractivity contribution in [2.24, 2.45) is 0 Å². The zero-order valence-electron chi connectivity index (χ0n) is 15.9. The van der Waals surface area contributed by atoms with Gasteiger partial charge in [0, 0.05) is 11.1 Å². The fourth-order valence-electron chi connectivity index (χ4n) is 4.46. The van der Waals surface area contributed by atoms with Crippen molar-refractivity contribution in [1.82, 2.24) is 0 Å². The van der Waals surface area contributed by atoms with Gasteiger partial charge in [0.15, 0.2) is 0 Å². The maximum atomic E-state index is 6.23. The minimum atomic E-state index is 0.157. The Morgan fingerprint density at radius 2 is 1.08 bits per heavy atom. The predicted octanol–water partition coefficient (Wildman–Crippen LogP) is 6.06. The molecule has 0 radical (unpaired) electrons. The minimum Gasteiger partial charge on any atom is -0.398 e. The van der Waals surface area contributed by atoms with Crippen LogP contribution in [-0.2, 0) is 5.41 Å². The molecular formula is C23H31N. The van der Waals surface area contributed by atoms with Gasteiger partial charge >= 0.3 is 0 Å². The molecule has 1 saturated carbocycles. The molecule has 24 heavy (non-hydrogen) atoms. The zero-order valence-corrected chi connectivity index (χ0v) is 15.9. The van der Waals surface area contributed by atoms with Crippen molar-refractivity contribution >= 4 is 5.69 Å². The maximum absolute atomic E-state index is 6.23.